The van der Waals surface area contributed by atoms with Crippen molar-refractivity contribution >= 4 is 23.2 Å². The summed E-state index contributed by atoms with van der Waals surface area (Å²) in [5, 5.41) is 4.41. The second-order valence-electron chi connectivity index (χ2n) is 4.59. The van der Waals surface area contributed by atoms with Gasteiger partial charge in [0, 0.05) is 25.3 Å². The van der Waals surface area contributed by atoms with Crippen LogP contribution in [0, 0.1) is 6.92 Å². The lowest BCUT2D eigenvalue weighted by atomic mass is 10.2. The van der Waals surface area contributed by atoms with E-state index in [1.807, 2.05) is 13.0 Å². The molecule has 0 unspecified atom stereocenters. The maximum Gasteiger partial charge on any atom is 0.141 e. The van der Waals surface area contributed by atoms with Gasteiger partial charge in [0.25, 0.3) is 0 Å². The van der Waals surface area contributed by atoms with Gasteiger partial charge in [-0.1, -0.05) is 23.2 Å². The molecule has 1 aromatic carbocycles. The van der Waals surface area contributed by atoms with Crippen molar-refractivity contribution in [2.24, 2.45) is 0 Å². The monoisotopic (exact) mass is 335 g/mol. The third-order valence-electron chi connectivity index (χ3n) is 2.79. The van der Waals surface area contributed by atoms with Crippen molar-refractivity contribution in [3.63, 3.8) is 0 Å². The highest BCUT2D eigenvalue weighted by Crippen LogP contribution is 2.31. The molecule has 6 heteroatoms. The predicted molar refractivity (Wildman–Crippen MR) is 86.9 cm³/mol. The first kappa shape index (κ1) is 18.5. The molecule has 0 fully saturated rings. The van der Waals surface area contributed by atoms with Crippen LogP contribution >= 0.6 is 23.2 Å². The minimum Gasteiger partial charge on any atom is -0.489 e. The molecule has 0 aliphatic carbocycles. The molecule has 0 radical (unpaired) electrons. The summed E-state index contributed by atoms with van der Waals surface area (Å²) in [6.07, 6.45) is 1.01. The van der Waals surface area contributed by atoms with E-state index >= 15 is 0 Å². The van der Waals surface area contributed by atoms with Crippen molar-refractivity contribution in [1.29, 1.82) is 0 Å². The summed E-state index contributed by atoms with van der Waals surface area (Å²) in [6.45, 7) is 6.10. The van der Waals surface area contributed by atoms with Crippen LogP contribution in [0.15, 0.2) is 12.1 Å². The minimum atomic E-state index is 0.464. The Morgan fingerprint density at radius 2 is 1.86 bits per heavy atom. The largest absolute Gasteiger partial charge is 0.489 e. The molecular formula is C15H23Cl2NO3. The molecule has 0 bridgehead atoms. The predicted octanol–water partition coefficient (Wildman–Crippen LogP) is 3.32. The Balaban J connectivity index is 2.07. The summed E-state index contributed by atoms with van der Waals surface area (Å²) < 4.78 is 16.1. The Bertz CT molecular complexity index is 393. The number of hydrogen-bond acceptors (Lipinski definition) is 4. The van der Waals surface area contributed by atoms with E-state index in [-0.39, 0.29) is 0 Å². The molecule has 0 atom stereocenters. The van der Waals surface area contributed by atoms with Crippen LogP contribution in [0.3, 0.4) is 0 Å². The lowest BCUT2D eigenvalue weighted by Gasteiger charge is -2.12. The van der Waals surface area contributed by atoms with E-state index < -0.39 is 0 Å². The fourth-order valence-corrected chi connectivity index (χ4v) is 2.44. The number of ether oxygens (including phenoxy) is 3. The zero-order valence-electron chi connectivity index (χ0n) is 12.6. The van der Waals surface area contributed by atoms with Crippen molar-refractivity contribution in [1.82, 2.24) is 5.32 Å². The number of methoxy groups -OCH3 is 1. The highest BCUT2D eigenvalue weighted by molar-refractivity contribution is 6.35. The van der Waals surface area contributed by atoms with Crippen molar-refractivity contribution in [3.8, 4) is 5.75 Å². The number of aryl methyl sites for hydroxylation is 1. The van der Waals surface area contributed by atoms with E-state index in [0.717, 1.165) is 31.7 Å². The topological polar surface area (TPSA) is 39.7 Å². The molecule has 0 heterocycles. The molecule has 1 N–H and O–H groups in total. The molecule has 0 spiro atoms. The number of benzene rings is 1. The van der Waals surface area contributed by atoms with Gasteiger partial charge in [0.1, 0.15) is 12.4 Å². The van der Waals surface area contributed by atoms with E-state index in [2.05, 4.69) is 5.32 Å². The van der Waals surface area contributed by atoms with Crippen LogP contribution in [0.25, 0.3) is 0 Å². The van der Waals surface area contributed by atoms with Crippen molar-refractivity contribution in [3.05, 3.63) is 27.7 Å². The molecule has 4 nitrogen and oxygen atoms in total. The van der Waals surface area contributed by atoms with Gasteiger partial charge >= 0.3 is 0 Å². The van der Waals surface area contributed by atoms with Crippen molar-refractivity contribution in [2.75, 3.05) is 46.6 Å². The van der Waals surface area contributed by atoms with E-state index in [4.69, 9.17) is 37.4 Å². The number of halogens is 2. The van der Waals surface area contributed by atoms with Crippen LogP contribution in [0.1, 0.15) is 12.0 Å². The summed E-state index contributed by atoms with van der Waals surface area (Å²) in [5.41, 5.74) is 0.923. The molecule has 21 heavy (non-hydrogen) atoms. The van der Waals surface area contributed by atoms with Gasteiger partial charge in [0.05, 0.1) is 18.2 Å². The normalized spacial score (nSPS) is 10.9. The second-order valence-corrected chi connectivity index (χ2v) is 5.43. The first-order valence-corrected chi connectivity index (χ1v) is 7.76. The highest BCUT2D eigenvalue weighted by Gasteiger charge is 2.07. The van der Waals surface area contributed by atoms with Gasteiger partial charge in [-0.25, -0.2) is 0 Å². The van der Waals surface area contributed by atoms with Gasteiger partial charge in [-0.15, -0.1) is 0 Å². The van der Waals surface area contributed by atoms with Crippen molar-refractivity contribution in [2.45, 2.75) is 13.3 Å². The Labute approximate surface area is 136 Å². The quantitative estimate of drug-likeness (QED) is 0.629. The molecule has 1 aromatic rings. The van der Waals surface area contributed by atoms with Gasteiger partial charge in [0.15, 0.2) is 0 Å². The van der Waals surface area contributed by atoms with E-state index in [9.17, 15) is 0 Å². The fraction of sp³-hybridized carbons (Fsp3) is 0.600. The third kappa shape index (κ3) is 7.88. The average Bonchev–Trinajstić information content (AvgIpc) is 2.43. The van der Waals surface area contributed by atoms with Crippen LogP contribution < -0.4 is 10.1 Å². The lowest BCUT2D eigenvalue weighted by molar-refractivity contribution is 0.101. The Morgan fingerprint density at radius 1 is 1.05 bits per heavy atom. The van der Waals surface area contributed by atoms with Crippen molar-refractivity contribution < 1.29 is 14.2 Å². The summed E-state index contributed by atoms with van der Waals surface area (Å²) in [7, 11) is 1.71. The number of rotatable bonds is 11. The molecule has 0 aliphatic rings. The average molecular weight is 336 g/mol. The summed E-state index contributed by atoms with van der Waals surface area (Å²) in [6, 6.07) is 3.50. The molecule has 120 valence electrons. The molecule has 0 aromatic heterocycles. The van der Waals surface area contributed by atoms with Gasteiger partial charge in [-0.05, 0) is 37.6 Å². The van der Waals surface area contributed by atoms with E-state index in [0.29, 0.717) is 35.6 Å². The van der Waals surface area contributed by atoms with Crippen LogP contribution in [0.5, 0.6) is 5.75 Å². The molecule has 0 aliphatic heterocycles. The summed E-state index contributed by atoms with van der Waals surface area (Å²) in [4.78, 5) is 0. The Kier molecular flexibility index (Phi) is 9.79. The molecular weight excluding hydrogens is 313 g/mol. The third-order valence-corrected chi connectivity index (χ3v) is 3.29. The van der Waals surface area contributed by atoms with Gasteiger partial charge in [-0.2, -0.15) is 0 Å². The van der Waals surface area contributed by atoms with Crippen LogP contribution in [0.4, 0.5) is 0 Å². The van der Waals surface area contributed by atoms with Crippen LogP contribution in [-0.4, -0.2) is 46.6 Å². The molecule has 0 saturated carbocycles. The first-order valence-electron chi connectivity index (χ1n) is 7.01. The number of hydrogen-bond donors (Lipinski definition) is 1. The van der Waals surface area contributed by atoms with E-state index in [1.54, 1.807) is 13.2 Å². The lowest BCUT2D eigenvalue weighted by Crippen LogP contribution is -2.22. The zero-order valence-corrected chi connectivity index (χ0v) is 14.1. The zero-order chi connectivity index (χ0) is 15.5. The van der Waals surface area contributed by atoms with Crippen LogP contribution in [0.2, 0.25) is 10.0 Å². The molecule has 0 amide bonds. The number of nitrogens with one attached hydrogen (secondary N) is 1. The van der Waals surface area contributed by atoms with Crippen LogP contribution in [-0.2, 0) is 9.47 Å². The maximum absolute atomic E-state index is 6.09. The second kappa shape index (κ2) is 11.1. The van der Waals surface area contributed by atoms with Gasteiger partial charge < -0.3 is 19.5 Å². The van der Waals surface area contributed by atoms with Gasteiger partial charge in [-0.3, -0.25) is 0 Å². The fourth-order valence-electron chi connectivity index (χ4n) is 1.79. The maximum atomic E-state index is 6.09. The van der Waals surface area contributed by atoms with Gasteiger partial charge in [0.2, 0.25) is 0 Å². The Morgan fingerprint density at radius 3 is 2.57 bits per heavy atom. The Hall–Kier alpha value is -0.520. The minimum absolute atomic E-state index is 0.464. The summed E-state index contributed by atoms with van der Waals surface area (Å²) >= 11 is 12.0. The highest BCUT2D eigenvalue weighted by atomic mass is 35.5. The smallest absolute Gasteiger partial charge is 0.141 e. The van der Waals surface area contributed by atoms with E-state index in [1.165, 1.54) is 0 Å². The first-order chi connectivity index (χ1) is 10.1. The summed E-state index contributed by atoms with van der Waals surface area (Å²) in [5.74, 6) is 0.669. The molecule has 1 rings (SSSR count). The molecule has 0 saturated heterocycles. The standard InChI is InChI=1S/C15H23Cl2NO3/c1-12-10-13(16)11-14(17)15(12)21-9-8-20-7-5-18-4-3-6-19-2/h10-11,18H,3-9H2,1-2H3. The SMILES string of the molecule is COCCCNCCOCCOc1c(C)cc(Cl)cc1Cl.